The van der Waals surface area contributed by atoms with E-state index in [0.717, 1.165) is 29.5 Å². The molecule has 0 saturated heterocycles. The zero-order chi connectivity index (χ0) is 10.1. The Labute approximate surface area is 92.0 Å². The van der Waals surface area contributed by atoms with Crippen LogP contribution in [0.4, 0.5) is 0 Å². The van der Waals surface area contributed by atoms with E-state index in [9.17, 15) is 4.79 Å². The van der Waals surface area contributed by atoms with Gasteiger partial charge in [0.1, 0.15) is 0 Å². The van der Waals surface area contributed by atoms with E-state index < -0.39 is 0 Å². The third kappa shape index (κ3) is 1.57. The number of rotatable bonds is 1. The molecule has 0 radical (unpaired) electrons. The zero-order valence-electron chi connectivity index (χ0n) is 8.09. The topological polar surface area (TPSA) is 20.3 Å². The maximum absolute atomic E-state index is 11.9. The number of benzene rings is 1. The van der Waals surface area contributed by atoms with Crippen molar-refractivity contribution in [3.63, 3.8) is 0 Å². The zero-order valence-corrected chi connectivity index (χ0v) is 9.67. The van der Waals surface area contributed by atoms with Crippen molar-refractivity contribution in [2.45, 2.75) is 13.3 Å². The highest BCUT2D eigenvalue weighted by atomic mass is 79.9. The van der Waals surface area contributed by atoms with Crippen molar-refractivity contribution in [1.82, 2.24) is 4.90 Å². The highest BCUT2D eigenvalue weighted by molar-refractivity contribution is 9.10. The molecule has 0 aromatic heterocycles. The molecule has 0 unspecified atom stereocenters. The summed E-state index contributed by atoms with van der Waals surface area (Å²) in [6, 6.07) is 5.94. The molecule has 2 nitrogen and oxygen atoms in total. The van der Waals surface area contributed by atoms with Crippen LogP contribution < -0.4 is 0 Å². The second-order valence-electron chi connectivity index (χ2n) is 3.44. The fourth-order valence-electron chi connectivity index (χ4n) is 1.79. The Kier molecular flexibility index (Phi) is 2.59. The average Bonchev–Trinajstić information content (AvgIpc) is 2.20. The lowest BCUT2D eigenvalue weighted by molar-refractivity contribution is 0.0749. The lowest BCUT2D eigenvalue weighted by atomic mass is 9.99. The molecule has 74 valence electrons. The van der Waals surface area contributed by atoms with Gasteiger partial charge in [0.05, 0.1) is 0 Å². The molecule has 1 aliphatic rings. The van der Waals surface area contributed by atoms with Crippen LogP contribution >= 0.6 is 15.9 Å². The van der Waals surface area contributed by atoms with Gasteiger partial charge >= 0.3 is 0 Å². The van der Waals surface area contributed by atoms with Crippen molar-refractivity contribution >= 4 is 21.8 Å². The molecule has 0 fully saturated rings. The number of hydrogen-bond donors (Lipinski definition) is 0. The minimum absolute atomic E-state index is 0.162. The number of fused-ring (bicyclic) bond motifs is 1. The molecule has 0 bridgehead atoms. The van der Waals surface area contributed by atoms with Crippen LogP contribution in [0.3, 0.4) is 0 Å². The largest absolute Gasteiger partial charge is 0.339 e. The van der Waals surface area contributed by atoms with Crippen molar-refractivity contribution in [2.75, 3.05) is 13.1 Å². The van der Waals surface area contributed by atoms with Gasteiger partial charge in [-0.1, -0.05) is 22.0 Å². The molecule has 3 heteroatoms. The highest BCUT2D eigenvalue weighted by Crippen LogP contribution is 2.22. The summed E-state index contributed by atoms with van der Waals surface area (Å²) in [4.78, 5) is 13.8. The van der Waals surface area contributed by atoms with Gasteiger partial charge in [-0.2, -0.15) is 0 Å². The molecule has 1 aliphatic heterocycles. The second kappa shape index (κ2) is 3.73. The molecule has 0 saturated carbocycles. The standard InChI is InChI=1S/C11H12BrNO/c1-2-13-6-5-8-3-4-9(12)7-10(8)11(13)14/h3-4,7H,2,5-6H2,1H3. The fraction of sp³-hybridized carbons (Fsp3) is 0.364. The van der Waals surface area contributed by atoms with Gasteiger partial charge in [0.2, 0.25) is 0 Å². The second-order valence-corrected chi connectivity index (χ2v) is 4.35. The van der Waals surface area contributed by atoms with Crippen molar-refractivity contribution < 1.29 is 4.79 Å². The first-order valence-electron chi connectivity index (χ1n) is 4.80. The van der Waals surface area contributed by atoms with E-state index in [1.165, 1.54) is 5.56 Å². The van der Waals surface area contributed by atoms with Crippen molar-refractivity contribution in [3.8, 4) is 0 Å². The Bertz CT molecular complexity index is 376. The number of hydrogen-bond acceptors (Lipinski definition) is 1. The molecule has 0 spiro atoms. The normalized spacial score (nSPS) is 15.6. The monoisotopic (exact) mass is 253 g/mol. The lowest BCUT2D eigenvalue weighted by Gasteiger charge is -2.27. The average molecular weight is 254 g/mol. The molecule has 1 amide bonds. The molecule has 0 aliphatic carbocycles. The summed E-state index contributed by atoms with van der Waals surface area (Å²) in [5.74, 6) is 0.162. The van der Waals surface area contributed by atoms with Gasteiger partial charge in [0.15, 0.2) is 0 Å². The van der Waals surface area contributed by atoms with Crippen LogP contribution in [-0.2, 0) is 6.42 Å². The number of halogens is 1. The minimum Gasteiger partial charge on any atom is -0.339 e. The van der Waals surface area contributed by atoms with Crippen LogP contribution in [0.5, 0.6) is 0 Å². The van der Waals surface area contributed by atoms with Gasteiger partial charge in [0.25, 0.3) is 5.91 Å². The summed E-state index contributed by atoms with van der Waals surface area (Å²) in [5, 5.41) is 0. The quantitative estimate of drug-likeness (QED) is 0.753. The predicted octanol–water partition coefficient (Wildman–Crippen LogP) is 2.47. The van der Waals surface area contributed by atoms with Crippen LogP contribution in [0.25, 0.3) is 0 Å². The van der Waals surface area contributed by atoms with Crippen molar-refractivity contribution in [1.29, 1.82) is 0 Å². The first-order chi connectivity index (χ1) is 6.72. The van der Waals surface area contributed by atoms with Gasteiger partial charge < -0.3 is 4.90 Å². The van der Waals surface area contributed by atoms with E-state index in [1.807, 2.05) is 30.0 Å². The van der Waals surface area contributed by atoms with E-state index in [-0.39, 0.29) is 5.91 Å². The van der Waals surface area contributed by atoms with Gasteiger partial charge in [-0.25, -0.2) is 0 Å². The maximum Gasteiger partial charge on any atom is 0.254 e. The van der Waals surface area contributed by atoms with Crippen LogP contribution in [0.1, 0.15) is 22.8 Å². The third-order valence-corrected chi connectivity index (χ3v) is 3.12. The SMILES string of the molecule is CCN1CCc2ccc(Br)cc2C1=O. The van der Waals surface area contributed by atoms with Crippen LogP contribution in [0.15, 0.2) is 22.7 Å². The Morgan fingerprint density at radius 3 is 3.00 bits per heavy atom. The Hall–Kier alpha value is -0.830. The van der Waals surface area contributed by atoms with Crippen LogP contribution in [-0.4, -0.2) is 23.9 Å². The smallest absolute Gasteiger partial charge is 0.254 e. The third-order valence-electron chi connectivity index (χ3n) is 2.62. The number of likely N-dealkylation sites (N-methyl/N-ethyl adjacent to an activating group) is 1. The van der Waals surface area contributed by atoms with Gasteiger partial charge in [-0.3, -0.25) is 4.79 Å². The van der Waals surface area contributed by atoms with Gasteiger partial charge in [-0.15, -0.1) is 0 Å². The van der Waals surface area contributed by atoms with E-state index in [1.54, 1.807) is 0 Å². The first-order valence-corrected chi connectivity index (χ1v) is 5.59. The summed E-state index contributed by atoms with van der Waals surface area (Å²) >= 11 is 3.39. The summed E-state index contributed by atoms with van der Waals surface area (Å²) in [6.45, 7) is 3.66. The summed E-state index contributed by atoms with van der Waals surface area (Å²) < 4.78 is 0.975. The molecule has 1 heterocycles. The Morgan fingerprint density at radius 2 is 2.29 bits per heavy atom. The maximum atomic E-state index is 11.9. The van der Waals surface area contributed by atoms with E-state index in [4.69, 9.17) is 0 Å². The van der Waals surface area contributed by atoms with Crippen LogP contribution in [0, 0.1) is 0 Å². The van der Waals surface area contributed by atoms with Crippen molar-refractivity contribution in [2.24, 2.45) is 0 Å². The highest BCUT2D eigenvalue weighted by Gasteiger charge is 2.22. The number of nitrogens with zero attached hydrogens (tertiary/aromatic N) is 1. The Morgan fingerprint density at radius 1 is 1.50 bits per heavy atom. The summed E-state index contributed by atoms with van der Waals surface area (Å²) in [7, 11) is 0. The number of carbonyl (C=O) groups is 1. The molecule has 1 aromatic carbocycles. The summed E-state index contributed by atoms with van der Waals surface area (Å²) in [5.41, 5.74) is 2.02. The van der Waals surface area contributed by atoms with Crippen LogP contribution in [0.2, 0.25) is 0 Å². The molecule has 1 aromatic rings. The molecule has 0 atom stereocenters. The molecule has 2 rings (SSSR count). The predicted molar refractivity (Wildman–Crippen MR) is 59.4 cm³/mol. The number of carbonyl (C=O) groups excluding carboxylic acids is 1. The summed E-state index contributed by atoms with van der Waals surface area (Å²) in [6.07, 6.45) is 0.974. The van der Waals surface area contributed by atoms with E-state index in [2.05, 4.69) is 15.9 Å². The van der Waals surface area contributed by atoms with E-state index >= 15 is 0 Å². The van der Waals surface area contributed by atoms with Gasteiger partial charge in [-0.05, 0) is 31.0 Å². The van der Waals surface area contributed by atoms with E-state index in [0.29, 0.717) is 0 Å². The first kappa shape index (κ1) is 9.71. The van der Waals surface area contributed by atoms with Crippen molar-refractivity contribution in [3.05, 3.63) is 33.8 Å². The van der Waals surface area contributed by atoms with Gasteiger partial charge in [0, 0.05) is 23.1 Å². The molecule has 0 N–H and O–H groups in total. The minimum atomic E-state index is 0.162. The molecular formula is C11H12BrNO. The molecule has 14 heavy (non-hydrogen) atoms. The molecular weight excluding hydrogens is 242 g/mol. The number of amides is 1. The fourth-order valence-corrected chi connectivity index (χ4v) is 2.16. The Balaban J connectivity index is 2.43. The lowest BCUT2D eigenvalue weighted by Crippen LogP contribution is -2.37.